The molecule has 5 heteroatoms. The van der Waals surface area contributed by atoms with Gasteiger partial charge in [0.2, 0.25) is 0 Å². The molecule has 0 radical (unpaired) electrons. The normalized spacial score (nSPS) is 14.6. The zero-order valence-electron chi connectivity index (χ0n) is 11.5. The molecule has 0 saturated carbocycles. The number of fused-ring (bicyclic) bond motifs is 1. The summed E-state index contributed by atoms with van der Waals surface area (Å²) in [6.07, 6.45) is 0.797. The van der Waals surface area contributed by atoms with Crippen molar-refractivity contribution in [2.45, 2.75) is 13.0 Å². The van der Waals surface area contributed by atoms with E-state index in [1.807, 2.05) is 7.05 Å². The number of benzene rings is 1. The van der Waals surface area contributed by atoms with Crippen molar-refractivity contribution in [1.29, 1.82) is 5.26 Å². The molecule has 0 unspecified atom stereocenters. The van der Waals surface area contributed by atoms with Gasteiger partial charge in [-0.05, 0) is 30.3 Å². The predicted molar refractivity (Wildman–Crippen MR) is 79.4 cm³/mol. The summed E-state index contributed by atoms with van der Waals surface area (Å²) in [5, 5.41) is 9.64. The van der Waals surface area contributed by atoms with Gasteiger partial charge in [-0.15, -0.1) is 0 Å². The zero-order chi connectivity index (χ0) is 15.0. The van der Waals surface area contributed by atoms with E-state index >= 15 is 0 Å². The number of aromatic nitrogens is 1. The van der Waals surface area contributed by atoms with Crippen molar-refractivity contribution in [1.82, 2.24) is 9.88 Å². The molecule has 0 aliphatic carbocycles. The number of hydrogen-bond donors (Lipinski definition) is 0. The maximum absolute atomic E-state index is 13.2. The zero-order valence-corrected chi connectivity index (χ0v) is 12.3. The highest BCUT2D eigenvalue weighted by atomic mass is 35.5. The molecule has 1 aromatic heterocycles. The SMILES string of the molecule is CN1CCc2nc(Cl)c(C#N)c(-c3ccc(F)cc3)c2C1. The van der Waals surface area contributed by atoms with Gasteiger partial charge < -0.3 is 4.90 Å². The van der Waals surface area contributed by atoms with E-state index < -0.39 is 0 Å². The molecule has 21 heavy (non-hydrogen) atoms. The summed E-state index contributed by atoms with van der Waals surface area (Å²) in [7, 11) is 2.03. The molecule has 2 heterocycles. The number of hydrogen-bond acceptors (Lipinski definition) is 3. The van der Waals surface area contributed by atoms with Crippen LogP contribution in [0.2, 0.25) is 5.15 Å². The van der Waals surface area contributed by atoms with Crippen molar-refractivity contribution < 1.29 is 4.39 Å². The third-order valence-electron chi connectivity index (χ3n) is 3.74. The average Bonchev–Trinajstić information content (AvgIpc) is 2.47. The minimum atomic E-state index is -0.302. The third kappa shape index (κ3) is 2.51. The molecule has 1 aliphatic rings. The van der Waals surface area contributed by atoms with Crippen molar-refractivity contribution in [2.24, 2.45) is 0 Å². The molecular weight excluding hydrogens is 289 g/mol. The molecule has 1 aromatic carbocycles. The highest BCUT2D eigenvalue weighted by molar-refractivity contribution is 6.31. The van der Waals surface area contributed by atoms with Crippen LogP contribution in [-0.4, -0.2) is 23.5 Å². The largest absolute Gasteiger partial charge is 0.302 e. The van der Waals surface area contributed by atoms with Crippen LogP contribution < -0.4 is 0 Å². The third-order valence-corrected chi connectivity index (χ3v) is 4.02. The molecule has 1 aliphatic heterocycles. The van der Waals surface area contributed by atoms with E-state index in [1.54, 1.807) is 12.1 Å². The summed E-state index contributed by atoms with van der Waals surface area (Å²) in [6, 6.07) is 8.28. The number of rotatable bonds is 1. The van der Waals surface area contributed by atoms with E-state index in [-0.39, 0.29) is 11.0 Å². The summed E-state index contributed by atoms with van der Waals surface area (Å²) in [5.74, 6) is -0.302. The number of pyridine rings is 1. The second-order valence-corrected chi connectivity index (χ2v) is 5.54. The lowest BCUT2D eigenvalue weighted by Crippen LogP contribution is -2.28. The highest BCUT2D eigenvalue weighted by Crippen LogP contribution is 2.35. The van der Waals surface area contributed by atoms with Gasteiger partial charge in [0.05, 0.1) is 5.56 Å². The lowest BCUT2D eigenvalue weighted by Gasteiger charge is -2.27. The summed E-state index contributed by atoms with van der Waals surface area (Å²) >= 11 is 6.16. The fraction of sp³-hybridized carbons (Fsp3) is 0.250. The lowest BCUT2D eigenvalue weighted by molar-refractivity contribution is 0.310. The number of halogens is 2. The maximum atomic E-state index is 13.2. The first kappa shape index (κ1) is 14.0. The van der Waals surface area contributed by atoms with E-state index in [2.05, 4.69) is 16.0 Å². The second kappa shape index (κ2) is 5.44. The second-order valence-electron chi connectivity index (χ2n) is 5.18. The topological polar surface area (TPSA) is 39.9 Å². The lowest BCUT2D eigenvalue weighted by atomic mass is 9.92. The Kier molecular flexibility index (Phi) is 3.62. The molecule has 0 N–H and O–H groups in total. The highest BCUT2D eigenvalue weighted by Gasteiger charge is 2.24. The van der Waals surface area contributed by atoms with Crippen LogP contribution in [0.5, 0.6) is 0 Å². The van der Waals surface area contributed by atoms with Crippen molar-refractivity contribution in [3.63, 3.8) is 0 Å². The molecule has 106 valence electrons. The van der Waals surface area contributed by atoms with Crippen LogP contribution in [0.25, 0.3) is 11.1 Å². The Balaban J connectivity index is 2.28. The standard InChI is InChI=1S/C16H13ClFN3/c1-21-7-6-14-13(9-21)15(12(8-19)16(17)20-14)10-2-4-11(18)5-3-10/h2-5H,6-7,9H2,1H3. The molecule has 0 spiro atoms. The van der Waals surface area contributed by atoms with Crippen molar-refractivity contribution in [3.8, 4) is 17.2 Å². The Morgan fingerprint density at radius 3 is 2.71 bits per heavy atom. The van der Waals surface area contributed by atoms with Gasteiger partial charge >= 0.3 is 0 Å². The van der Waals surface area contributed by atoms with Crippen LogP contribution in [0.4, 0.5) is 4.39 Å². The Hall–Kier alpha value is -1.96. The summed E-state index contributed by atoms with van der Waals surface area (Å²) in [5.41, 5.74) is 3.87. The number of likely N-dealkylation sites (N-methyl/N-ethyl adjacent to an activating group) is 1. The monoisotopic (exact) mass is 301 g/mol. The summed E-state index contributed by atoms with van der Waals surface area (Å²) in [4.78, 5) is 6.54. The minimum Gasteiger partial charge on any atom is -0.302 e. The molecule has 3 nitrogen and oxygen atoms in total. The molecule has 2 aromatic rings. The molecule has 0 saturated heterocycles. The Morgan fingerprint density at radius 1 is 1.33 bits per heavy atom. The molecule has 0 bridgehead atoms. The number of nitriles is 1. The first-order chi connectivity index (χ1) is 10.1. The quantitative estimate of drug-likeness (QED) is 0.758. The molecule has 0 atom stereocenters. The predicted octanol–water partition coefficient (Wildman–Crippen LogP) is 3.40. The Morgan fingerprint density at radius 2 is 2.05 bits per heavy atom. The van der Waals surface area contributed by atoms with E-state index in [0.29, 0.717) is 12.1 Å². The first-order valence-corrected chi connectivity index (χ1v) is 7.03. The fourth-order valence-electron chi connectivity index (χ4n) is 2.70. The van der Waals surface area contributed by atoms with Gasteiger partial charge in [0, 0.05) is 30.8 Å². The summed E-state index contributed by atoms with van der Waals surface area (Å²) in [6.45, 7) is 1.62. The van der Waals surface area contributed by atoms with Crippen LogP contribution in [-0.2, 0) is 13.0 Å². The minimum absolute atomic E-state index is 0.222. The van der Waals surface area contributed by atoms with E-state index in [0.717, 1.165) is 35.3 Å². The van der Waals surface area contributed by atoms with Crippen molar-refractivity contribution >= 4 is 11.6 Å². The Labute approximate surface area is 127 Å². The van der Waals surface area contributed by atoms with Crippen LogP contribution in [0, 0.1) is 17.1 Å². The van der Waals surface area contributed by atoms with Gasteiger partial charge in [-0.2, -0.15) is 5.26 Å². The molecule has 3 rings (SSSR count). The fourth-order valence-corrected chi connectivity index (χ4v) is 2.94. The first-order valence-electron chi connectivity index (χ1n) is 6.66. The smallest absolute Gasteiger partial charge is 0.147 e. The summed E-state index contributed by atoms with van der Waals surface area (Å²) < 4.78 is 13.2. The van der Waals surface area contributed by atoms with Gasteiger partial charge in [0.15, 0.2) is 0 Å². The van der Waals surface area contributed by atoms with Gasteiger partial charge in [-0.1, -0.05) is 23.7 Å². The van der Waals surface area contributed by atoms with Gasteiger partial charge in [0.25, 0.3) is 0 Å². The number of nitrogens with zero attached hydrogens (tertiary/aromatic N) is 3. The van der Waals surface area contributed by atoms with E-state index in [9.17, 15) is 9.65 Å². The average molecular weight is 302 g/mol. The maximum Gasteiger partial charge on any atom is 0.147 e. The van der Waals surface area contributed by atoms with Crippen LogP contribution in [0.3, 0.4) is 0 Å². The van der Waals surface area contributed by atoms with Crippen LogP contribution in [0.15, 0.2) is 24.3 Å². The Bertz CT molecular complexity index is 735. The van der Waals surface area contributed by atoms with E-state index in [1.165, 1.54) is 12.1 Å². The molecular formula is C16H13ClFN3. The van der Waals surface area contributed by atoms with Crippen LogP contribution in [0.1, 0.15) is 16.8 Å². The van der Waals surface area contributed by atoms with Crippen LogP contribution >= 0.6 is 11.6 Å². The van der Waals surface area contributed by atoms with Crippen molar-refractivity contribution in [3.05, 3.63) is 52.1 Å². The molecule has 0 fully saturated rings. The van der Waals surface area contributed by atoms with E-state index in [4.69, 9.17) is 11.6 Å². The van der Waals surface area contributed by atoms with Gasteiger partial charge in [-0.3, -0.25) is 0 Å². The van der Waals surface area contributed by atoms with Gasteiger partial charge in [0.1, 0.15) is 17.0 Å². The molecule has 0 amide bonds. The van der Waals surface area contributed by atoms with Crippen molar-refractivity contribution in [2.75, 3.05) is 13.6 Å². The van der Waals surface area contributed by atoms with Gasteiger partial charge in [-0.25, -0.2) is 9.37 Å².